The molecule has 1 aromatic carbocycles. The van der Waals surface area contributed by atoms with E-state index in [2.05, 4.69) is 10.1 Å². The SMILES string of the molecule is COCC(=O)N1CC(c2nc(C)no2)C2(C1)CN(C(=O)c1ccc(C)cc1C)C2. The van der Waals surface area contributed by atoms with E-state index in [-0.39, 0.29) is 29.8 Å². The lowest BCUT2D eigenvalue weighted by atomic mass is 9.71. The maximum absolute atomic E-state index is 13.0. The first-order valence-electron chi connectivity index (χ1n) is 9.76. The lowest BCUT2D eigenvalue weighted by molar-refractivity contribution is -0.134. The second-order valence-electron chi connectivity index (χ2n) is 8.28. The molecule has 154 valence electrons. The van der Waals surface area contributed by atoms with Crippen molar-refractivity contribution < 1.29 is 18.8 Å². The minimum absolute atomic E-state index is 0.0234. The summed E-state index contributed by atoms with van der Waals surface area (Å²) >= 11 is 0. The number of rotatable bonds is 4. The average Bonchev–Trinajstić information content (AvgIpc) is 3.24. The molecule has 2 fully saturated rings. The summed E-state index contributed by atoms with van der Waals surface area (Å²) in [5.74, 6) is 0.973. The van der Waals surface area contributed by atoms with Gasteiger partial charge in [-0.05, 0) is 32.4 Å². The first-order chi connectivity index (χ1) is 13.8. The monoisotopic (exact) mass is 398 g/mol. The first kappa shape index (κ1) is 19.6. The number of hydrogen-bond donors (Lipinski definition) is 0. The molecule has 8 nitrogen and oxygen atoms in total. The fourth-order valence-corrected chi connectivity index (χ4v) is 4.57. The summed E-state index contributed by atoms with van der Waals surface area (Å²) in [6, 6.07) is 5.87. The number of carbonyl (C=O) groups is 2. The van der Waals surface area contributed by atoms with Crippen LogP contribution in [-0.2, 0) is 9.53 Å². The Morgan fingerprint density at radius 2 is 1.93 bits per heavy atom. The molecule has 2 amide bonds. The summed E-state index contributed by atoms with van der Waals surface area (Å²) in [6.45, 7) is 7.95. The summed E-state index contributed by atoms with van der Waals surface area (Å²) in [5, 5.41) is 3.92. The summed E-state index contributed by atoms with van der Waals surface area (Å²) < 4.78 is 10.5. The molecule has 2 aliphatic rings. The van der Waals surface area contributed by atoms with Crippen LogP contribution in [0.2, 0.25) is 0 Å². The van der Waals surface area contributed by atoms with Crippen LogP contribution in [0.3, 0.4) is 0 Å². The van der Waals surface area contributed by atoms with Crippen molar-refractivity contribution in [3.63, 3.8) is 0 Å². The van der Waals surface area contributed by atoms with E-state index in [1.165, 1.54) is 7.11 Å². The molecule has 0 bridgehead atoms. The van der Waals surface area contributed by atoms with Crippen molar-refractivity contribution >= 4 is 11.8 Å². The van der Waals surface area contributed by atoms with Gasteiger partial charge in [0.05, 0.1) is 5.92 Å². The maximum atomic E-state index is 13.0. The molecule has 4 rings (SSSR count). The molecule has 2 aromatic rings. The summed E-state index contributed by atoms with van der Waals surface area (Å²) in [6.07, 6.45) is 0. The van der Waals surface area contributed by atoms with Crippen LogP contribution in [0, 0.1) is 26.2 Å². The average molecular weight is 398 g/mol. The number of nitrogens with zero attached hydrogens (tertiary/aromatic N) is 4. The second-order valence-corrected chi connectivity index (χ2v) is 8.28. The Hall–Kier alpha value is -2.74. The van der Waals surface area contributed by atoms with Crippen LogP contribution >= 0.6 is 0 Å². The van der Waals surface area contributed by atoms with E-state index in [0.717, 1.165) is 16.7 Å². The summed E-state index contributed by atoms with van der Waals surface area (Å²) in [7, 11) is 1.51. The number of ether oxygens (including phenoxy) is 1. The van der Waals surface area contributed by atoms with Crippen LogP contribution < -0.4 is 0 Å². The largest absolute Gasteiger partial charge is 0.375 e. The van der Waals surface area contributed by atoms with Crippen molar-refractivity contribution in [2.24, 2.45) is 5.41 Å². The smallest absolute Gasteiger partial charge is 0.254 e. The highest BCUT2D eigenvalue weighted by Gasteiger charge is 2.58. The molecule has 1 aromatic heterocycles. The number of hydrogen-bond acceptors (Lipinski definition) is 6. The second kappa shape index (κ2) is 7.26. The standard InChI is InChI=1S/C21H26N4O4/c1-13-5-6-16(14(2)7-13)20(27)25-11-21(12-25)10-24(18(26)9-28-4)8-17(21)19-22-15(3)23-29-19/h5-7,17H,8-12H2,1-4H3. The Kier molecular flexibility index (Phi) is 4.90. The molecule has 0 aliphatic carbocycles. The van der Waals surface area contributed by atoms with Gasteiger partial charge in [0, 0.05) is 44.3 Å². The van der Waals surface area contributed by atoms with Gasteiger partial charge in [-0.1, -0.05) is 22.9 Å². The molecule has 0 saturated carbocycles. The Balaban J connectivity index is 1.55. The van der Waals surface area contributed by atoms with Crippen LogP contribution in [0.15, 0.2) is 22.7 Å². The zero-order valence-corrected chi connectivity index (χ0v) is 17.3. The number of carbonyl (C=O) groups excluding carboxylic acids is 2. The lowest BCUT2D eigenvalue weighted by Crippen LogP contribution is -2.61. The van der Waals surface area contributed by atoms with Crippen molar-refractivity contribution in [2.75, 3.05) is 39.9 Å². The van der Waals surface area contributed by atoms with E-state index < -0.39 is 0 Å². The van der Waals surface area contributed by atoms with Crippen LogP contribution in [-0.4, -0.2) is 71.7 Å². The topological polar surface area (TPSA) is 88.8 Å². The van der Waals surface area contributed by atoms with E-state index in [1.807, 2.05) is 36.9 Å². The predicted octanol–water partition coefficient (Wildman–Crippen LogP) is 1.71. The van der Waals surface area contributed by atoms with Crippen molar-refractivity contribution in [3.05, 3.63) is 46.6 Å². The molecule has 0 N–H and O–H groups in total. The van der Waals surface area contributed by atoms with Gasteiger partial charge in [-0.25, -0.2) is 0 Å². The predicted molar refractivity (Wildman–Crippen MR) is 104 cm³/mol. The van der Waals surface area contributed by atoms with E-state index in [0.29, 0.717) is 37.9 Å². The van der Waals surface area contributed by atoms with Crippen LogP contribution in [0.25, 0.3) is 0 Å². The van der Waals surface area contributed by atoms with Crippen molar-refractivity contribution in [2.45, 2.75) is 26.7 Å². The number of benzene rings is 1. The number of aromatic nitrogens is 2. The van der Waals surface area contributed by atoms with E-state index >= 15 is 0 Å². The summed E-state index contributed by atoms with van der Waals surface area (Å²) in [4.78, 5) is 33.5. The molecule has 1 unspecified atom stereocenters. The van der Waals surface area contributed by atoms with Gasteiger partial charge in [0.1, 0.15) is 6.61 Å². The quantitative estimate of drug-likeness (QED) is 0.779. The molecule has 3 heterocycles. The number of aryl methyl sites for hydroxylation is 3. The molecule has 29 heavy (non-hydrogen) atoms. The maximum Gasteiger partial charge on any atom is 0.254 e. The van der Waals surface area contributed by atoms with E-state index in [1.54, 1.807) is 11.8 Å². The van der Waals surface area contributed by atoms with Gasteiger partial charge >= 0.3 is 0 Å². The zero-order chi connectivity index (χ0) is 20.8. The molecule has 2 saturated heterocycles. The number of methoxy groups -OCH3 is 1. The minimum Gasteiger partial charge on any atom is -0.375 e. The third kappa shape index (κ3) is 3.42. The van der Waals surface area contributed by atoms with Crippen LogP contribution in [0.1, 0.15) is 39.1 Å². The van der Waals surface area contributed by atoms with E-state index in [4.69, 9.17) is 9.26 Å². The minimum atomic E-state index is -0.267. The Bertz CT molecular complexity index is 948. The van der Waals surface area contributed by atoms with Crippen molar-refractivity contribution in [1.29, 1.82) is 0 Å². The Morgan fingerprint density at radius 1 is 1.21 bits per heavy atom. The fraction of sp³-hybridized carbons (Fsp3) is 0.524. The first-order valence-corrected chi connectivity index (χ1v) is 9.76. The van der Waals surface area contributed by atoms with Gasteiger partial charge in [0.15, 0.2) is 5.82 Å². The van der Waals surface area contributed by atoms with Gasteiger partial charge < -0.3 is 19.1 Å². The number of amides is 2. The highest BCUT2D eigenvalue weighted by atomic mass is 16.5. The third-order valence-corrected chi connectivity index (χ3v) is 6.02. The Labute approximate surface area is 169 Å². The molecule has 8 heteroatoms. The normalized spacial score (nSPS) is 20.2. The van der Waals surface area contributed by atoms with Crippen LogP contribution in [0.4, 0.5) is 0 Å². The van der Waals surface area contributed by atoms with Gasteiger partial charge in [0.2, 0.25) is 11.8 Å². The highest BCUT2D eigenvalue weighted by molar-refractivity contribution is 5.96. The highest BCUT2D eigenvalue weighted by Crippen LogP contribution is 2.49. The molecule has 0 radical (unpaired) electrons. The van der Waals surface area contributed by atoms with Gasteiger partial charge in [-0.3, -0.25) is 9.59 Å². The third-order valence-electron chi connectivity index (χ3n) is 6.02. The van der Waals surface area contributed by atoms with Gasteiger partial charge in [0.25, 0.3) is 5.91 Å². The molecule has 1 atom stereocenters. The van der Waals surface area contributed by atoms with E-state index in [9.17, 15) is 9.59 Å². The molecule has 1 spiro atoms. The molecule has 2 aliphatic heterocycles. The Morgan fingerprint density at radius 3 is 2.55 bits per heavy atom. The number of likely N-dealkylation sites (tertiary alicyclic amines) is 2. The van der Waals surface area contributed by atoms with Crippen molar-refractivity contribution in [3.8, 4) is 0 Å². The molecular formula is C21H26N4O4. The summed E-state index contributed by atoms with van der Waals surface area (Å²) in [5.41, 5.74) is 2.56. The van der Waals surface area contributed by atoms with Gasteiger partial charge in [-0.2, -0.15) is 4.98 Å². The van der Waals surface area contributed by atoms with Crippen molar-refractivity contribution in [1.82, 2.24) is 19.9 Å². The fourth-order valence-electron chi connectivity index (χ4n) is 4.57. The molecular weight excluding hydrogens is 372 g/mol. The van der Waals surface area contributed by atoms with Gasteiger partial charge in [-0.15, -0.1) is 0 Å². The zero-order valence-electron chi connectivity index (χ0n) is 17.3. The van der Waals surface area contributed by atoms with Crippen LogP contribution in [0.5, 0.6) is 0 Å². The lowest BCUT2D eigenvalue weighted by Gasteiger charge is -2.50.